The molecule has 0 aromatic heterocycles. The van der Waals surface area contributed by atoms with E-state index < -0.39 is 45.0 Å². The molecule has 8 nitrogen and oxygen atoms in total. The van der Waals surface area contributed by atoms with E-state index >= 15 is 0 Å². The standard InChI is InChI=1S/C15H26O8Si3/c1-7-10-14(17)21-25(4,5)23-26(6,22-15(18)11-8-2)12-19-24-20-13(16)9-3/h7-11H,3,12,24H2,1-2,4-6H3. The summed E-state index contributed by atoms with van der Waals surface area (Å²) in [6, 6.07) is 0. The molecule has 11 heteroatoms. The second-order valence-electron chi connectivity index (χ2n) is 5.61. The van der Waals surface area contributed by atoms with Gasteiger partial charge in [0.2, 0.25) is 0 Å². The molecule has 0 saturated carbocycles. The second-order valence-corrected chi connectivity index (χ2v) is 13.1. The van der Waals surface area contributed by atoms with Crippen molar-refractivity contribution in [2.45, 2.75) is 33.5 Å². The van der Waals surface area contributed by atoms with Gasteiger partial charge in [-0.15, -0.1) is 0 Å². The van der Waals surface area contributed by atoms with Crippen molar-refractivity contribution in [3.8, 4) is 0 Å². The maximum absolute atomic E-state index is 11.9. The van der Waals surface area contributed by atoms with Crippen LogP contribution >= 0.6 is 0 Å². The Bertz CT molecular complexity index is 573. The molecule has 0 aromatic carbocycles. The number of carbonyl (C=O) groups is 3. The van der Waals surface area contributed by atoms with Crippen molar-refractivity contribution in [1.82, 2.24) is 0 Å². The number of allylic oxidation sites excluding steroid dienone is 2. The van der Waals surface area contributed by atoms with Crippen LogP contribution in [0, 0.1) is 0 Å². The van der Waals surface area contributed by atoms with Gasteiger partial charge in [-0.2, -0.15) is 0 Å². The Hall–Kier alpha value is -1.80. The molecule has 146 valence electrons. The smallest absolute Gasteiger partial charge is 0.415 e. The van der Waals surface area contributed by atoms with Crippen molar-refractivity contribution < 1.29 is 36.2 Å². The summed E-state index contributed by atoms with van der Waals surface area (Å²) in [4.78, 5) is 34.6. The molecule has 0 N–H and O–H groups in total. The molecule has 1 unspecified atom stereocenters. The highest BCUT2D eigenvalue weighted by atomic mass is 28.5. The average molecular weight is 419 g/mol. The molecule has 0 rings (SSSR count). The van der Waals surface area contributed by atoms with Crippen molar-refractivity contribution in [2.75, 3.05) is 6.23 Å². The van der Waals surface area contributed by atoms with Crippen molar-refractivity contribution in [3.63, 3.8) is 0 Å². The van der Waals surface area contributed by atoms with Crippen LogP contribution < -0.4 is 0 Å². The van der Waals surface area contributed by atoms with E-state index in [1.54, 1.807) is 39.6 Å². The Kier molecular flexibility index (Phi) is 10.9. The summed E-state index contributed by atoms with van der Waals surface area (Å²) in [5.74, 6) is -1.70. The van der Waals surface area contributed by atoms with Crippen LogP contribution in [0.5, 0.6) is 0 Å². The fraction of sp³-hybridized carbons (Fsp3) is 0.400. The zero-order valence-corrected chi connectivity index (χ0v) is 19.2. The van der Waals surface area contributed by atoms with E-state index in [0.717, 1.165) is 6.08 Å². The summed E-state index contributed by atoms with van der Waals surface area (Å²) >= 11 is 0. The van der Waals surface area contributed by atoms with E-state index in [-0.39, 0.29) is 6.23 Å². The summed E-state index contributed by atoms with van der Waals surface area (Å²) in [7, 11) is -7.78. The van der Waals surface area contributed by atoms with Gasteiger partial charge in [-0.3, -0.25) is 0 Å². The van der Waals surface area contributed by atoms with Gasteiger partial charge in [-0.1, -0.05) is 18.7 Å². The van der Waals surface area contributed by atoms with Crippen LogP contribution in [0.25, 0.3) is 0 Å². The van der Waals surface area contributed by atoms with E-state index in [4.69, 9.17) is 21.8 Å². The van der Waals surface area contributed by atoms with Crippen molar-refractivity contribution in [3.05, 3.63) is 37.0 Å². The normalized spacial score (nSPS) is 14.5. The Morgan fingerprint density at radius 1 is 0.962 bits per heavy atom. The van der Waals surface area contributed by atoms with Gasteiger partial charge in [0.15, 0.2) is 0 Å². The van der Waals surface area contributed by atoms with Gasteiger partial charge in [0, 0.05) is 18.2 Å². The van der Waals surface area contributed by atoms with Gasteiger partial charge < -0.3 is 21.8 Å². The van der Waals surface area contributed by atoms with Crippen molar-refractivity contribution in [1.29, 1.82) is 0 Å². The van der Waals surface area contributed by atoms with Gasteiger partial charge in [-0.05, 0) is 33.5 Å². The lowest BCUT2D eigenvalue weighted by molar-refractivity contribution is -0.132. The highest BCUT2D eigenvalue weighted by Gasteiger charge is 2.45. The predicted molar refractivity (Wildman–Crippen MR) is 103 cm³/mol. The maximum atomic E-state index is 11.9. The lowest BCUT2D eigenvalue weighted by atomic mass is 10.5. The third-order valence-electron chi connectivity index (χ3n) is 2.55. The molecule has 26 heavy (non-hydrogen) atoms. The van der Waals surface area contributed by atoms with Crippen molar-refractivity contribution >= 4 is 45.0 Å². The van der Waals surface area contributed by atoms with Crippen LogP contribution in [-0.4, -0.2) is 51.3 Å². The van der Waals surface area contributed by atoms with Gasteiger partial charge in [0.1, 0.15) is 0 Å². The van der Waals surface area contributed by atoms with Crippen LogP contribution in [0.4, 0.5) is 0 Å². The minimum absolute atomic E-state index is 0.0511. The summed E-state index contributed by atoms with van der Waals surface area (Å²) in [6.07, 6.45) is 6.60. The molecule has 1 atom stereocenters. The summed E-state index contributed by atoms with van der Waals surface area (Å²) < 4.78 is 27.0. The molecular formula is C15H26O8Si3. The van der Waals surface area contributed by atoms with E-state index in [1.165, 1.54) is 18.2 Å². The molecule has 0 fully saturated rings. The van der Waals surface area contributed by atoms with E-state index in [9.17, 15) is 14.4 Å². The number of hydrogen-bond donors (Lipinski definition) is 0. The fourth-order valence-electron chi connectivity index (χ4n) is 1.80. The van der Waals surface area contributed by atoms with Crippen LogP contribution in [0.15, 0.2) is 37.0 Å². The van der Waals surface area contributed by atoms with E-state index in [1.807, 2.05) is 0 Å². The Labute approximate surface area is 158 Å². The molecule has 0 saturated heterocycles. The molecule has 0 spiro atoms. The lowest BCUT2D eigenvalue weighted by Gasteiger charge is -2.33. The molecule has 0 amide bonds. The maximum Gasteiger partial charge on any atom is 0.415 e. The first kappa shape index (κ1) is 24.2. The summed E-state index contributed by atoms with van der Waals surface area (Å²) in [5, 5.41) is 0. The van der Waals surface area contributed by atoms with Gasteiger partial charge in [-0.25, -0.2) is 14.4 Å². The Morgan fingerprint density at radius 3 is 2.00 bits per heavy atom. The molecule has 0 aliphatic rings. The molecule has 0 aliphatic carbocycles. The number of rotatable bonds is 11. The third-order valence-corrected chi connectivity index (χ3v) is 9.47. The minimum atomic E-state index is -3.20. The zero-order chi connectivity index (χ0) is 20.2. The molecular weight excluding hydrogens is 392 g/mol. The van der Waals surface area contributed by atoms with Crippen LogP contribution in [-0.2, 0) is 36.2 Å². The molecule has 0 aromatic rings. The highest BCUT2D eigenvalue weighted by molar-refractivity contribution is 6.80. The summed E-state index contributed by atoms with van der Waals surface area (Å²) in [6.45, 7) is 11.6. The fourth-order valence-corrected chi connectivity index (χ4v) is 9.77. The van der Waals surface area contributed by atoms with Crippen LogP contribution in [0.1, 0.15) is 13.8 Å². The Balaban J connectivity index is 5.05. The molecule has 0 heterocycles. The third kappa shape index (κ3) is 10.9. The number of carbonyl (C=O) groups excluding carboxylic acids is 3. The van der Waals surface area contributed by atoms with E-state index in [0.29, 0.717) is 0 Å². The van der Waals surface area contributed by atoms with Crippen LogP contribution in [0.2, 0.25) is 19.6 Å². The molecule has 0 bridgehead atoms. The van der Waals surface area contributed by atoms with E-state index in [2.05, 4.69) is 6.58 Å². The highest BCUT2D eigenvalue weighted by Crippen LogP contribution is 2.18. The largest absolute Gasteiger partial charge is 0.496 e. The minimum Gasteiger partial charge on any atom is -0.496 e. The van der Waals surface area contributed by atoms with Gasteiger partial charge >= 0.3 is 45.0 Å². The quantitative estimate of drug-likeness (QED) is 0.281. The average Bonchev–Trinajstić information content (AvgIpc) is 2.50. The van der Waals surface area contributed by atoms with Crippen molar-refractivity contribution in [2.24, 2.45) is 0 Å². The first-order valence-electron chi connectivity index (χ1n) is 7.86. The van der Waals surface area contributed by atoms with Gasteiger partial charge in [0.05, 0.1) is 6.23 Å². The first-order chi connectivity index (χ1) is 12.1. The van der Waals surface area contributed by atoms with Crippen LogP contribution in [0.3, 0.4) is 0 Å². The zero-order valence-electron chi connectivity index (χ0n) is 15.8. The topological polar surface area (TPSA) is 97.4 Å². The first-order valence-corrected chi connectivity index (χ1v) is 14.4. The second kappa shape index (κ2) is 11.7. The molecule has 0 radical (unpaired) electrons. The van der Waals surface area contributed by atoms with Gasteiger partial charge in [0.25, 0.3) is 0 Å². The Morgan fingerprint density at radius 2 is 1.50 bits per heavy atom. The monoisotopic (exact) mass is 418 g/mol. The SMILES string of the molecule is C=CC(=O)O[SiH2]OC[Si](C)(OC(=O)C=CC)O[Si](C)(C)OC(=O)C=CC. The molecule has 0 aliphatic heterocycles. The summed E-state index contributed by atoms with van der Waals surface area (Å²) in [5.41, 5.74) is 0. The number of hydrogen-bond acceptors (Lipinski definition) is 8. The predicted octanol–water partition coefficient (Wildman–Crippen LogP) is 1.30. The lowest BCUT2D eigenvalue weighted by Crippen LogP contribution is -2.55.